The van der Waals surface area contributed by atoms with E-state index in [-0.39, 0.29) is 11.8 Å². The van der Waals surface area contributed by atoms with Crippen LogP contribution in [-0.2, 0) is 17.8 Å². The molecule has 7 nitrogen and oxygen atoms in total. The van der Waals surface area contributed by atoms with Gasteiger partial charge < -0.3 is 10.1 Å². The molecule has 0 unspecified atom stereocenters. The molecule has 0 spiro atoms. The molecule has 0 saturated heterocycles. The normalized spacial score (nSPS) is 15.9. The number of aromatic amines is 1. The molecule has 1 aromatic carbocycles. The minimum atomic E-state index is -0.197. The molecule has 1 amide bonds. The van der Waals surface area contributed by atoms with Gasteiger partial charge in [0.1, 0.15) is 18.2 Å². The molecule has 0 fully saturated rings. The Kier molecular flexibility index (Phi) is 4.12. The molecule has 25 heavy (non-hydrogen) atoms. The van der Waals surface area contributed by atoms with Crippen LogP contribution < -0.4 is 10.1 Å². The van der Waals surface area contributed by atoms with E-state index in [4.69, 9.17) is 4.74 Å². The third-order valence-electron chi connectivity index (χ3n) is 4.15. The Balaban J connectivity index is 1.36. The van der Waals surface area contributed by atoms with E-state index in [1.165, 1.54) is 0 Å². The molecular formula is C18H17N5O2. The van der Waals surface area contributed by atoms with Crippen LogP contribution >= 0.6 is 0 Å². The van der Waals surface area contributed by atoms with E-state index in [0.29, 0.717) is 31.2 Å². The quantitative estimate of drug-likeness (QED) is 0.757. The number of benzene rings is 1. The summed E-state index contributed by atoms with van der Waals surface area (Å²) in [5.41, 5.74) is 1.94. The Labute approximate surface area is 144 Å². The summed E-state index contributed by atoms with van der Waals surface area (Å²) < 4.78 is 5.67. The van der Waals surface area contributed by atoms with Crippen molar-refractivity contribution in [2.75, 3.05) is 6.61 Å². The molecule has 2 aromatic heterocycles. The molecule has 1 aliphatic rings. The van der Waals surface area contributed by atoms with E-state index in [1.807, 2.05) is 36.4 Å². The number of aromatic nitrogens is 4. The zero-order chi connectivity index (χ0) is 17.1. The summed E-state index contributed by atoms with van der Waals surface area (Å²) in [5, 5.41) is 9.92. The first-order chi connectivity index (χ1) is 12.3. The van der Waals surface area contributed by atoms with E-state index in [9.17, 15) is 4.79 Å². The number of amides is 1. The fraction of sp³-hybridized carbons (Fsp3) is 0.222. The lowest BCUT2D eigenvalue weighted by molar-refractivity contribution is -0.126. The van der Waals surface area contributed by atoms with Gasteiger partial charge in [0.05, 0.1) is 12.5 Å². The molecule has 0 bridgehead atoms. The molecule has 126 valence electrons. The molecule has 1 aliphatic heterocycles. The number of rotatable bonds is 4. The van der Waals surface area contributed by atoms with Gasteiger partial charge in [-0.25, -0.2) is 4.98 Å². The van der Waals surface area contributed by atoms with Crippen LogP contribution in [0.5, 0.6) is 5.75 Å². The average molecular weight is 335 g/mol. The van der Waals surface area contributed by atoms with E-state index in [1.54, 1.807) is 12.4 Å². The summed E-state index contributed by atoms with van der Waals surface area (Å²) in [4.78, 5) is 20.8. The number of nitrogens with zero attached hydrogens (tertiary/aromatic N) is 3. The molecule has 7 heteroatoms. The van der Waals surface area contributed by atoms with E-state index < -0.39 is 0 Å². The van der Waals surface area contributed by atoms with Gasteiger partial charge in [0.25, 0.3) is 0 Å². The number of para-hydroxylation sites is 1. The van der Waals surface area contributed by atoms with Crippen molar-refractivity contribution < 1.29 is 9.53 Å². The number of hydrogen-bond donors (Lipinski definition) is 2. The van der Waals surface area contributed by atoms with Gasteiger partial charge in [-0.15, -0.1) is 0 Å². The van der Waals surface area contributed by atoms with Gasteiger partial charge in [-0.2, -0.15) is 5.10 Å². The van der Waals surface area contributed by atoms with Crippen LogP contribution in [0.4, 0.5) is 0 Å². The van der Waals surface area contributed by atoms with Crippen LogP contribution in [0.2, 0.25) is 0 Å². The first kappa shape index (κ1) is 15.3. The van der Waals surface area contributed by atoms with Crippen LogP contribution in [0, 0.1) is 5.92 Å². The molecule has 3 aromatic rings. The Morgan fingerprint density at radius 2 is 2.08 bits per heavy atom. The second-order valence-electron chi connectivity index (χ2n) is 5.88. The Bertz CT molecular complexity index is 878. The minimum Gasteiger partial charge on any atom is -0.492 e. The van der Waals surface area contributed by atoms with Crippen molar-refractivity contribution in [1.29, 1.82) is 0 Å². The smallest absolute Gasteiger partial charge is 0.227 e. The standard InChI is InChI=1S/C18H17N5O2/c24-18(14-9-13-3-1-2-4-15(13)25-11-14)20-10-16-21-17(23-22-16)12-5-7-19-8-6-12/h1-8,14H,9-11H2,(H,20,24)(H,21,22,23)/t14-/m0/s1. The zero-order valence-corrected chi connectivity index (χ0v) is 13.5. The minimum absolute atomic E-state index is 0.0450. The zero-order valence-electron chi connectivity index (χ0n) is 13.5. The third kappa shape index (κ3) is 3.35. The van der Waals surface area contributed by atoms with Crippen molar-refractivity contribution in [2.45, 2.75) is 13.0 Å². The number of nitrogens with one attached hydrogen (secondary N) is 2. The molecule has 0 saturated carbocycles. The number of ether oxygens (including phenoxy) is 1. The lowest BCUT2D eigenvalue weighted by atomic mass is 9.96. The van der Waals surface area contributed by atoms with Crippen molar-refractivity contribution >= 4 is 5.91 Å². The summed E-state index contributed by atoms with van der Waals surface area (Å²) in [5.74, 6) is 1.82. The first-order valence-electron chi connectivity index (χ1n) is 8.09. The maximum atomic E-state index is 12.4. The predicted octanol–water partition coefficient (Wildman–Crippen LogP) is 1.73. The van der Waals surface area contributed by atoms with E-state index in [2.05, 4.69) is 25.5 Å². The van der Waals surface area contributed by atoms with Gasteiger partial charge in [0, 0.05) is 18.0 Å². The van der Waals surface area contributed by atoms with Gasteiger partial charge in [0.15, 0.2) is 5.82 Å². The number of hydrogen-bond acceptors (Lipinski definition) is 5. The summed E-state index contributed by atoms with van der Waals surface area (Å²) in [6.45, 7) is 0.691. The van der Waals surface area contributed by atoms with Crippen molar-refractivity contribution in [3.8, 4) is 17.1 Å². The molecule has 1 atom stereocenters. The Hall–Kier alpha value is -3.22. The number of carbonyl (C=O) groups excluding carboxylic acids is 1. The summed E-state index contributed by atoms with van der Waals surface area (Å²) >= 11 is 0. The van der Waals surface area contributed by atoms with Gasteiger partial charge >= 0.3 is 0 Å². The van der Waals surface area contributed by atoms with Gasteiger partial charge in [-0.05, 0) is 30.2 Å². The highest BCUT2D eigenvalue weighted by Gasteiger charge is 2.25. The second kappa shape index (κ2) is 6.72. The lowest BCUT2D eigenvalue weighted by Crippen LogP contribution is -2.37. The van der Waals surface area contributed by atoms with Gasteiger partial charge in [0.2, 0.25) is 5.91 Å². The maximum Gasteiger partial charge on any atom is 0.227 e. The fourth-order valence-corrected chi connectivity index (χ4v) is 2.82. The monoisotopic (exact) mass is 335 g/mol. The Morgan fingerprint density at radius 1 is 1.24 bits per heavy atom. The molecule has 0 radical (unpaired) electrons. The topological polar surface area (TPSA) is 92.8 Å². The van der Waals surface area contributed by atoms with Crippen molar-refractivity contribution in [1.82, 2.24) is 25.5 Å². The SMILES string of the molecule is O=C(NCc1nc(-c2ccncc2)n[nH]1)[C@@H]1COc2ccccc2C1. The highest BCUT2D eigenvalue weighted by molar-refractivity contribution is 5.79. The number of pyridine rings is 1. The largest absolute Gasteiger partial charge is 0.492 e. The molecular weight excluding hydrogens is 318 g/mol. The summed E-state index contributed by atoms with van der Waals surface area (Å²) in [7, 11) is 0. The molecule has 3 heterocycles. The van der Waals surface area contributed by atoms with Crippen molar-refractivity contribution in [2.24, 2.45) is 5.92 Å². The summed E-state index contributed by atoms with van der Waals surface area (Å²) in [6.07, 6.45) is 4.06. The van der Waals surface area contributed by atoms with E-state index in [0.717, 1.165) is 16.9 Å². The van der Waals surface area contributed by atoms with Crippen LogP contribution in [0.15, 0.2) is 48.8 Å². The third-order valence-corrected chi connectivity index (χ3v) is 4.15. The molecule has 4 rings (SSSR count). The van der Waals surface area contributed by atoms with Crippen molar-refractivity contribution in [3.63, 3.8) is 0 Å². The highest BCUT2D eigenvalue weighted by atomic mass is 16.5. The number of fused-ring (bicyclic) bond motifs is 1. The average Bonchev–Trinajstić information content (AvgIpc) is 3.15. The van der Waals surface area contributed by atoms with Crippen LogP contribution in [0.25, 0.3) is 11.4 Å². The van der Waals surface area contributed by atoms with Gasteiger partial charge in [-0.3, -0.25) is 14.9 Å². The van der Waals surface area contributed by atoms with Crippen molar-refractivity contribution in [3.05, 3.63) is 60.2 Å². The molecule has 2 N–H and O–H groups in total. The fourth-order valence-electron chi connectivity index (χ4n) is 2.82. The van der Waals surface area contributed by atoms with Crippen LogP contribution in [0.3, 0.4) is 0 Å². The predicted molar refractivity (Wildman–Crippen MR) is 90.6 cm³/mol. The second-order valence-corrected chi connectivity index (χ2v) is 5.88. The molecule has 0 aliphatic carbocycles. The number of H-pyrrole nitrogens is 1. The number of carbonyl (C=O) groups is 1. The van der Waals surface area contributed by atoms with E-state index >= 15 is 0 Å². The Morgan fingerprint density at radius 3 is 2.96 bits per heavy atom. The lowest BCUT2D eigenvalue weighted by Gasteiger charge is -2.24. The first-order valence-corrected chi connectivity index (χ1v) is 8.09. The highest BCUT2D eigenvalue weighted by Crippen LogP contribution is 2.26. The van der Waals surface area contributed by atoms with Crippen LogP contribution in [-0.4, -0.2) is 32.7 Å². The maximum absolute atomic E-state index is 12.4. The summed E-state index contributed by atoms with van der Waals surface area (Å²) in [6, 6.07) is 11.5. The van der Waals surface area contributed by atoms with Crippen LogP contribution in [0.1, 0.15) is 11.4 Å². The van der Waals surface area contributed by atoms with Gasteiger partial charge in [-0.1, -0.05) is 18.2 Å².